The van der Waals surface area contributed by atoms with Crippen molar-refractivity contribution in [3.05, 3.63) is 78.0 Å². The Balaban J connectivity index is 1.51. The number of nitrogens with zero attached hydrogens (tertiary/aromatic N) is 7. The van der Waals surface area contributed by atoms with Crippen LogP contribution in [0, 0.1) is 16.7 Å². The van der Waals surface area contributed by atoms with Gasteiger partial charge in [-0.1, -0.05) is 6.07 Å². The molecule has 0 saturated heterocycles. The van der Waals surface area contributed by atoms with Crippen molar-refractivity contribution >= 4 is 23.1 Å². The fourth-order valence-electron chi connectivity index (χ4n) is 4.17. The van der Waals surface area contributed by atoms with Gasteiger partial charge in [0.1, 0.15) is 11.9 Å². The molecule has 0 amide bonds. The van der Waals surface area contributed by atoms with Crippen molar-refractivity contribution in [2.45, 2.75) is 6.54 Å². The first kappa shape index (κ1) is 26.3. The van der Waals surface area contributed by atoms with Crippen LogP contribution in [0.15, 0.2) is 61.3 Å². The van der Waals surface area contributed by atoms with Gasteiger partial charge in [-0.15, -0.1) is 0 Å². The molecule has 0 bridgehead atoms. The summed E-state index contributed by atoms with van der Waals surface area (Å²) in [5, 5.41) is 24.8. The van der Waals surface area contributed by atoms with Crippen molar-refractivity contribution in [3.63, 3.8) is 0 Å². The van der Waals surface area contributed by atoms with Crippen molar-refractivity contribution < 1.29 is 4.74 Å². The summed E-state index contributed by atoms with van der Waals surface area (Å²) >= 11 is 0. The van der Waals surface area contributed by atoms with E-state index in [4.69, 9.17) is 15.1 Å². The molecule has 0 atom stereocenters. The fraction of sp³-hybridized carbons (Fsp3) is 0.250. The Morgan fingerprint density at radius 1 is 1.16 bits per heavy atom. The summed E-state index contributed by atoms with van der Waals surface area (Å²) in [5.41, 5.74) is 5.52. The quantitative estimate of drug-likeness (QED) is 0.295. The van der Waals surface area contributed by atoms with E-state index in [1.54, 1.807) is 31.1 Å². The molecule has 0 fully saturated rings. The van der Waals surface area contributed by atoms with Crippen LogP contribution in [0.4, 0.5) is 5.82 Å². The predicted molar refractivity (Wildman–Crippen MR) is 149 cm³/mol. The average Bonchev–Trinajstić information content (AvgIpc) is 3.38. The standard InChI is InChI=1S/C28H31N9O/c1-31-15-23(12-29)22-11-25(28-24(13-30)17-34-37(28)19-22)21-6-7-26(32-16-21)36(3)10-9-35(2)18-20-5-8-27(38-4)33-14-20/h5-8,11-12,14-17,19,29,31H,9-10,18H2,1-4H3/b23-15+,29-12?. The third kappa shape index (κ3) is 5.79. The van der Waals surface area contributed by atoms with Crippen molar-refractivity contribution in [1.82, 2.24) is 29.8 Å². The minimum absolute atomic E-state index is 0.483. The zero-order valence-corrected chi connectivity index (χ0v) is 22.0. The lowest BCUT2D eigenvalue weighted by atomic mass is 10.0. The second-order valence-corrected chi connectivity index (χ2v) is 8.91. The van der Waals surface area contributed by atoms with Crippen molar-refractivity contribution in [2.75, 3.05) is 46.2 Å². The number of nitriles is 1. The van der Waals surface area contributed by atoms with E-state index in [-0.39, 0.29) is 0 Å². The van der Waals surface area contributed by atoms with Gasteiger partial charge in [-0.2, -0.15) is 10.4 Å². The van der Waals surface area contributed by atoms with Gasteiger partial charge in [-0.3, -0.25) is 0 Å². The molecule has 4 heterocycles. The first-order valence-corrected chi connectivity index (χ1v) is 12.1. The van der Waals surface area contributed by atoms with Crippen molar-refractivity contribution in [2.24, 2.45) is 0 Å². The van der Waals surface area contributed by atoms with E-state index in [1.807, 2.05) is 56.0 Å². The normalized spacial score (nSPS) is 11.4. The van der Waals surface area contributed by atoms with Gasteiger partial charge in [0.05, 0.1) is 24.4 Å². The molecule has 0 aliphatic carbocycles. The van der Waals surface area contributed by atoms with Gasteiger partial charge in [-0.25, -0.2) is 14.5 Å². The zero-order valence-electron chi connectivity index (χ0n) is 22.0. The van der Waals surface area contributed by atoms with Crippen LogP contribution in [0.1, 0.15) is 16.7 Å². The second kappa shape index (κ2) is 12.0. The lowest BCUT2D eigenvalue weighted by Gasteiger charge is -2.23. The number of pyridine rings is 3. The molecule has 4 aromatic rings. The molecular formula is C28H31N9O. The highest BCUT2D eigenvalue weighted by molar-refractivity contribution is 6.08. The maximum absolute atomic E-state index is 9.65. The van der Waals surface area contributed by atoms with Crippen LogP contribution in [-0.4, -0.2) is 72.0 Å². The number of allylic oxidation sites excluding steroid dienone is 1. The lowest BCUT2D eigenvalue weighted by Crippen LogP contribution is -2.30. The highest BCUT2D eigenvalue weighted by atomic mass is 16.5. The summed E-state index contributed by atoms with van der Waals surface area (Å²) in [6, 6.07) is 12.1. The Morgan fingerprint density at radius 2 is 2.00 bits per heavy atom. The number of fused-ring (bicyclic) bond motifs is 1. The second-order valence-electron chi connectivity index (χ2n) is 8.91. The molecule has 0 aromatic carbocycles. The molecule has 2 N–H and O–H groups in total. The zero-order chi connectivity index (χ0) is 27.1. The number of hydrogen-bond donors (Lipinski definition) is 2. The number of aromatic nitrogens is 4. The summed E-state index contributed by atoms with van der Waals surface area (Å²) < 4.78 is 6.81. The van der Waals surface area contributed by atoms with E-state index in [1.165, 1.54) is 6.21 Å². The van der Waals surface area contributed by atoms with E-state index < -0.39 is 0 Å². The van der Waals surface area contributed by atoms with Gasteiger partial charge in [0.25, 0.3) is 0 Å². The van der Waals surface area contributed by atoms with Gasteiger partial charge in [-0.05, 0) is 30.8 Å². The van der Waals surface area contributed by atoms with Gasteiger partial charge in [0.2, 0.25) is 5.88 Å². The molecule has 38 heavy (non-hydrogen) atoms. The fourth-order valence-corrected chi connectivity index (χ4v) is 4.17. The summed E-state index contributed by atoms with van der Waals surface area (Å²) in [6.45, 7) is 2.43. The van der Waals surface area contributed by atoms with Gasteiger partial charge < -0.3 is 25.3 Å². The van der Waals surface area contributed by atoms with E-state index in [0.717, 1.165) is 47.7 Å². The van der Waals surface area contributed by atoms with E-state index >= 15 is 0 Å². The van der Waals surface area contributed by atoms with Crippen LogP contribution in [0.5, 0.6) is 5.88 Å². The minimum Gasteiger partial charge on any atom is -0.481 e. The molecule has 0 aliphatic rings. The number of anilines is 1. The number of hydrogen-bond acceptors (Lipinski definition) is 9. The van der Waals surface area contributed by atoms with Crippen LogP contribution in [0.2, 0.25) is 0 Å². The summed E-state index contributed by atoms with van der Waals surface area (Å²) in [6.07, 6.45) is 10.1. The Morgan fingerprint density at radius 3 is 2.63 bits per heavy atom. The van der Waals surface area contributed by atoms with Crippen molar-refractivity contribution in [3.8, 4) is 23.1 Å². The Hall–Kier alpha value is -4.75. The van der Waals surface area contributed by atoms with Crippen LogP contribution in [0.25, 0.3) is 22.2 Å². The highest BCUT2D eigenvalue weighted by Gasteiger charge is 2.15. The maximum atomic E-state index is 9.65. The molecule has 0 spiro atoms. The highest BCUT2D eigenvalue weighted by Crippen LogP contribution is 2.30. The third-order valence-electron chi connectivity index (χ3n) is 6.25. The Kier molecular flexibility index (Phi) is 8.30. The van der Waals surface area contributed by atoms with Gasteiger partial charge in [0, 0.05) is 93.1 Å². The van der Waals surface area contributed by atoms with E-state index in [2.05, 4.69) is 38.3 Å². The monoisotopic (exact) mass is 509 g/mol. The largest absolute Gasteiger partial charge is 0.481 e. The van der Waals surface area contributed by atoms with Gasteiger partial charge >= 0.3 is 0 Å². The maximum Gasteiger partial charge on any atom is 0.212 e. The molecule has 10 heteroatoms. The minimum atomic E-state index is 0.483. The number of methoxy groups -OCH3 is 1. The molecule has 194 valence electrons. The third-order valence-corrected chi connectivity index (χ3v) is 6.25. The lowest BCUT2D eigenvalue weighted by molar-refractivity contribution is 0.333. The summed E-state index contributed by atoms with van der Waals surface area (Å²) in [5.74, 6) is 1.46. The summed E-state index contributed by atoms with van der Waals surface area (Å²) in [4.78, 5) is 13.3. The Labute approximate surface area is 222 Å². The van der Waals surface area contributed by atoms with Crippen molar-refractivity contribution in [1.29, 1.82) is 10.7 Å². The SMILES string of the molecule is CN/C=C(\C=N)c1cc(-c2ccc(N(C)CCN(C)Cc3ccc(OC)nc3)nc2)c2c(C#N)cnn2c1. The van der Waals surface area contributed by atoms with E-state index in [0.29, 0.717) is 22.5 Å². The number of nitrogens with one attached hydrogen (secondary N) is 2. The van der Waals surface area contributed by atoms with Crippen LogP contribution < -0.4 is 15.0 Å². The van der Waals surface area contributed by atoms with Crippen LogP contribution >= 0.6 is 0 Å². The molecule has 4 rings (SSSR count). The molecule has 4 aromatic heterocycles. The number of likely N-dealkylation sites (N-methyl/N-ethyl adjacent to an activating group) is 2. The molecule has 0 saturated carbocycles. The first-order chi connectivity index (χ1) is 18.5. The van der Waals surface area contributed by atoms with Crippen LogP contribution in [0.3, 0.4) is 0 Å². The molecule has 0 unspecified atom stereocenters. The summed E-state index contributed by atoms with van der Waals surface area (Å²) in [7, 11) is 7.50. The Bertz CT molecular complexity index is 1470. The first-order valence-electron chi connectivity index (χ1n) is 12.1. The van der Waals surface area contributed by atoms with Crippen LogP contribution in [-0.2, 0) is 6.54 Å². The smallest absolute Gasteiger partial charge is 0.212 e. The molecule has 0 aliphatic heterocycles. The average molecular weight is 510 g/mol. The molecule has 10 nitrogen and oxygen atoms in total. The van der Waals surface area contributed by atoms with E-state index in [9.17, 15) is 5.26 Å². The predicted octanol–water partition coefficient (Wildman–Crippen LogP) is 3.45. The number of ether oxygens (including phenoxy) is 1. The molecular weight excluding hydrogens is 478 g/mol. The topological polar surface area (TPSA) is 118 Å². The molecule has 0 radical (unpaired) electrons. The number of rotatable bonds is 11. The van der Waals surface area contributed by atoms with Gasteiger partial charge in [0.15, 0.2) is 0 Å².